The summed E-state index contributed by atoms with van der Waals surface area (Å²) in [5.41, 5.74) is 1.51. The molecule has 0 saturated carbocycles. The molecule has 0 fully saturated rings. The van der Waals surface area contributed by atoms with Gasteiger partial charge < -0.3 is 9.67 Å². The second-order valence-electron chi connectivity index (χ2n) is 5.85. The number of hydrogen-bond acceptors (Lipinski definition) is 5. The smallest absolute Gasteiger partial charge is 0.290 e. The van der Waals surface area contributed by atoms with Gasteiger partial charge in [-0.25, -0.2) is 9.67 Å². The van der Waals surface area contributed by atoms with Gasteiger partial charge in [-0.3, -0.25) is 14.7 Å². The molecule has 3 rings (SSSR count). The minimum absolute atomic E-state index is 0.240. The molecule has 0 bridgehead atoms. The van der Waals surface area contributed by atoms with Gasteiger partial charge in [0.2, 0.25) is 0 Å². The first-order valence-electron chi connectivity index (χ1n) is 7.72. The third-order valence-electron chi connectivity index (χ3n) is 3.68. The number of benzene rings is 1. The first-order valence-corrected chi connectivity index (χ1v) is 10.3. The van der Waals surface area contributed by atoms with E-state index < -0.39 is 7.14 Å². The van der Waals surface area contributed by atoms with Gasteiger partial charge in [0.05, 0.1) is 17.2 Å². The van der Waals surface area contributed by atoms with Crippen molar-refractivity contribution in [1.29, 1.82) is 5.26 Å². The molecular formula is C18H17N4O4P. The Kier molecular flexibility index (Phi) is 6.11. The number of nitrogens with one attached hydrogen (secondary N) is 1. The Morgan fingerprint density at radius 3 is 2.33 bits per heavy atom. The molecule has 1 aromatic carbocycles. The van der Waals surface area contributed by atoms with Crippen LogP contribution in [0.2, 0.25) is 0 Å². The molecule has 0 radical (unpaired) electrons. The summed E-state index contributed by atoms with van der Waals surface area (Å²) < 4.78 is 13.4. The average Bonchev–Trinajstić information content (AvgIpc) is 3.03. The third kappa shape index (κ3) is 4.60. The van der Waals surface area contributed by atoms with Crippen molar-refractivity contribution in [3.63, 3.8) is 0 Å². The van der Waals surface area contributed by atoms with Crippen LogP contribution in [0.5, 0.6) is 0 Å². The summed E-state index contributed by atoms with van der Waals surface area (Å²) in [5.74, 6) is 0.428. The van der Waals surface area contributed by atoms with Crippen LogP contribution >= 0.6 is 7.14 Å². The molecule has 0 unspecified atom stereocenters. The molecule has 0 spiro atoms. The quantitative estimate of drug-likeness (QED) is 0.525. The number of nitrogens with zero attached hydrogens (tertiary/aromatic N) is 3. The van der Waals surface area contributed by atoms with Gasteiger partial charge in [-0.15, -0.1) is 0 Å². The minimum Gasteiger partial charge on any atom is -0.483 e. The average molecular weight is 384 g/mol. The van der Waals surface area contributed by atoms with Crippen molar-refractivity contribution < 1.29 is 14.5 Å². The summed E-state index contributed by atoms with van der Waals surface area (Å²) in [7, 11) is -2.38. The van der Waals surface area contributed by atoms with Crippen molar-refractivity contribution in [2.75, 3.05) is 13.3 Å². The maximum absolute atomic E-state index is 12.6. The number of carbonyl (C=O) groups is 1. The molecule has 0 aliphatic rings. The SMILES string of the molecule is CP(C)(=O)c1ccc(-n2[nH]cc(-c3ccc(C#N)cc3)c2=O)nc1.O=CO. The van der Waals surface area contributed by atoms with Gasteiger partial charge in [-0.1, -0.05) is 12.1 Å². The van der Waals surface area contributed by atoms with E-state index in [4.69, 9.17) is 15.2 Å². The standard InChI is InChI=1S/C17H15N4O2P.CH2O2/c1-24(2,23)14-7-8-16(19-10-14)21-17(22)15(11-20-21)13-5-3-12(9-18)4-6-13;2-1-3/h3-8,10-11,20H,1-2H3;1H,(H,2,3). The highest BCUT2D eigenvalue weighted by Crippen LogP contribution is 2.33. The molecule has 138 valence electrons. The third-order valence-corrected chi connectivity index (χ3v) is 5.19. The van der Waals surface area contributed by atoms with Crippen LogP contribution in [0.25, 0.3) is 16.9 Å². The molecule has 8 nitrogen and oxygen atoms in total. The van der Waals surface area contributed by atoms with Crippen molar-refractivity contribution in [2.45, 2.75) is 0 Å². The Hall–Kier alpha value is -3.43. The molecule has 2 N–H and O–H groups in total. The maximum atomic E-state index is 12.6. The summed E-state index contributed by atoms with van der Waals surface area (Å²) in [6.45, 7) is 3.10. The van der Waals surface area contributed by atoms with E-state index in [2.05, 4.69) is 10.1 Å². The highest BCUT2D eigenvalue weighted by atomic mass is 31.2. The van der Waals surface area contributed by atoms with Crippen LogP contribution in [-0.2, 0) is 9.36 Å². The summed E-state index contributed by atoms with van der Waals surface area (Å²) in [4.78, 5) is 25.2. The zero-order valence-electron chi connectivity index (χ0n) is 14.7. The lowest BCUT2D eigenvalue weighted by Crippen LogP contribution is -2.18. The molecule has 2 heterocycles. The number of aromatic nitrogens is 3. The van der Waals surface area contributed by atoms with Gasteiger partial charge >= 0.3 is 0 Å². The first kappa shape index (κ1) is 19.9. The number of carboxylic acid groups (broad SMARTS) is 1. The molecule has 3 aromatic rings. The molecule has 0 atom stereocenters. The molecule has 0 amide bonds. The van der Waals surface area contributed by atoms with Crippen LogP contribution in [0.1, 0.15) is 5.56 Å². The van der Waals surface area contributed by atoms with E-state index in [1.165, 1.54) is 10.9 Å². The summed E-state index contributed by atoms with van der Waals surface area (Å²) >= 11 is 0. The number of hydrogen-bond donors (Lipinski definition) is 2. The van der Waals surface area contributed by atoms with E-state index >= 15 is 0 Å². The summed E-state index contributed by atoms with van der Waals surface area (Å²) in [5, 5.41) is 19.3. The first-order chi connectivity index (χ1) is 12.8. The van der Waals surface area contributed by atoms with Crippen LogP contribution in [0, 0.1) is 11.3 Å². The predicted octanol–water partition coefficient (Wildman–Crippen LogP) is 2.05. The van der Waals surface area contributed by atoms with Crippen molar-refractivity contribution in [3.8, 4) is 23.0 Å². The summed E-state index contributed by atoms with van der Waals surface area (Å²) in [6, 6.07) is 12.2. The topological polar surface area (TPSA) is 129 Å². The minimum atomic E-state index is -2.38. The van der Waals surface area contributed by atoms with Crippen molar-refractivity contribution in [2.24, 2.45) is 0 Å². The number of nitriles is 1. The van der Waals surface area contributed by atoms with E-state index in [9.17, 15) is 9.36 Å². The van der Waals surface area contributed by atoms with Gasteiger partial charge in [0.25, 0.3) is 12.0 Å². The van der Waals surface area contributed by atoms with E-state index in [1.54, 1.807) is 55.9 Å². The second kappa shape index (κ2) is 8.30. The Morgan fingerprint density at radius 1 is 1.22 bits per heavy atom. The van der Waals surface area contributed by atoms with E-state index in [0.717, 1.165) is 5.56 Å². The zero-order chi connectivity index (χ0) is 20.0. The van der Waals surface area contributed by atoms with Gasteiger partial charge in [0.1, 0.15) is 7.14 Å². The lowest BCUT2D eigenvalue weighted by Gasteiger charge is -2.07. The number of H-pyrrole nitrogens is 1. The van der Waals surface area contributed by atoms with Crippen molar-refractivity contribution in [1.82, 2.24) is 14.8 Å². The predicted molar refractivity (Wildman–Crippen MR) is 102 cm³/mol. The fourth-order valence-corrected chi connectivity index (χ4v) is 3.07. The molecule has 0 saturated heterocycles. The number of rotatable bonds is 3. The van der Waals surface area contributed by atoms with Crippen LogP contribution in [0.15, 0.2) is 53.6 Å². The lowest BCUT2D eigenvalue weighted by molar-refractivity contribution is -0.122. The molecule has 0 aliphatic heterocycles. The molecular weight excluding hydrogens is 367 g/mol. The highest BCUT2D eigenvalue weighted by molar-refractivity contribution is 7.70. The normalized spacial score (nSPS) is 10.4. The summed E-state index contributed by atoms with van der Waals surface area (Å²) in [6.07, 6.45) is 3.13. The van der Waals surface area contributed by atoms with Crippen LogP contribution in [0.4, 0.5) is 0 Å². The van der Waals surface area contributed by atoms with Gasteiger partial charge in [-0.2, -0.15) is 5.26 Å². The monoisotopic (exact) mass is 384 g/mol. The van der Waals surface area contributed by atoms with E-state index in [1.807, 2.05) is 6.07 Å². The van der Waals surface area contributed by atoms with Crippen LogP contribution in [0.3, 0.4) is 0 Å². The number of aromatic amines is 1. The van der Waals surface area contributed by atoms with Gasteiger partial charge in [0.15, 0.2) is 5.82 Å². The van der Waals surface area contributed by atoms with Gasteiger partial charge in [-0.05, 0) is 43.2 Å². The van der Waals surface area contributed by atoms with Crippen molar-refractivity contribution in [3.05, 3.63) is 64.7 Å². The van der Waals surface area contributed by atoms with Crippen LogP contribution < -0.4 is 10.9 Å². The maximum Gasteiger partial charge on any atom is 0.290 e. The van der Waals surface area contributed by atoms with Crippen LogP contribution in [-0.4, -0.2) is 39.7 Å². The zero-order valence-corrected chi connectivity index (χ0v) is 15.6. The lowest BCUT2D eigenvalue weighted by atomic mass is 10.1. The molecule has 2 aromatic heterocycles. The Labute approximate surface area is 155 Å². The van der Waals surface area contributed by atoms with E-state index in [-0.39, 0.29) is 12.0 Å². The highest BCUT2D eigenvalue weighted by Gasteiger charge is 2.14. The molecule has 27 heavy (non-hydrogen) atoms. The Bertz CT molecular complexity index is 1070. The molecule has 0 aliphatic carbocycles. The largest absolute Gasteiger partial charge is 0.483 e. The fourth-order valence-electron chi connectivity index (χ4n) is 2.30. The Balaban J connectivity index is 0.000000817. The van der Waals surface area contributed by atoms with E-state index in [0.29, 0.717) is 22.2 Å². The molecule has 9 heteroatoms. The fraction of sp³-hybridized carbons (Fsp3) is 0.111. The second-order valence-corrected chi connectivity index (χ2v) is 9.07. The number of pyridine rings is 1. The van der Waals surface area contributed by atoms with Crippen molar-refractivity contribution >= 4 is 18.9 Å². The Morgan fingerprint density at radius 2 is 1.85 bits per heavy atom. The van der Waals surface area contributed by atoms with Gasteiger partial charge in [0, 0.05) is 17.7 Å².